The van der Waals surface area contributed by atoms with Crippen LogP contribution in [0.2, 0.25) is 0 Å². The summed E-state index contributed by atoms with van der Waals surface area (Å²) in [7, 11) is 0. The molecule has 5 rings (SSSR count). The van der Waals surface area contributed by atoms with Crippen LogP contribution in [0.1, 0.15) is 39.2 Å². The van der Waals surface area contributed by atoms with Crippen LogP contribution >= 0.6 is 0 Å². The van der Waals surface area contributed by atoms with Gasteiger partial charge in [0.15, 0.2) is 0 Å². The van der Waals surface area contributed by atoms with Gasteiger partial charge in [0, 0.05) is 47.9 Å². The van der Waals surface area contributed by atoms with Crippen molar-refractivity contribution in [3.05, 3.63) is 78.0 Å². The lowest BCUT2D eigenvalue weighted by molar-refractivity contribution is 0.0497. The molecule has 0 bridgehead atoms. The summed E-state index contributed by atoms with van der Waals surface area (Å²) in [5.41, 5.74) is 3.03. The van der Waals surface area contributed by atoms with Gasteiger partial charge in [0.05, 0.1) is 16.8 Å². The molecule has 9 heteroatoms. The monoisotopic (exact) mass is 556 g/mol. The number of phenolic OH excluding ortho intramolecular Hbond substituents is 1. The molecule has 0 aliphatic carbocycles. The summed E-state index contributed by atoms with van der Waals surface area (Å²) < 4.78 is 33.5. The molecule has 7 nitrogen and oxygen atoms in total. The van der Waals surface area contributed by atoms with Crippen LogP contribution in [0.4, 0.5) is 19.3 Å². The molecule has 3 aromatic carbocycles. The second-order valence-corrected chi connectivity index (χ2v) is 11.1. The number of para-hydroxylation sites is 1. The van der Waals surface area contributed by atoms with Gasteiger partial charge in [-0.2, -0.15) is 5.26 Å². The number of aromatic nitrogens is 1. The predicted octanol–water partition coefficient (Wildman–Crippen LogP) is 6.92. The van der Waals surface area contributed by atoms with Gasteiger partial charge in [0.25, 0.3) is 0 Å². The molecule has 0 atom stereocenters. The maximum Gasteiger partial charge on any atom is 0.407 e. The number of nitriles is 1. The van der Waals surface area contributed by atoms with Crippen molar-refractivity contribution in [3.63, 3.8) is 0 Å². The topological polar surface area (TPSA) is 98.5 Å². The van der Waals surface area contributed by atoms with Gasteiger partial charge in [-0.05, 0) is 75.1 Å². The third-order valence-corrected chi connectivity index (χ3v) is 7.01. The number of fused-ring (bicyclic) bond motifs is 1. The Morgan fingerprint density at radius 1 is 1.05 bits per heavy atom. The summed E-state index contributed by atoms with van der Waals surface area (Å²) in [6, 6.07) is 15.7. The zero-order chi connectivity index (χ0) is 29.3. The summed E-state index contributed by atoms with van der Waals surface area (Å²) in [5, 5.41) is 24.1. The van der Waals surface area contributed by atoms with Gasteiger partial charge in [-0.15, -0.1) is 0 Å². The van der Waals surface area contributed by atoms with Crippen molar-refractivity contribution in [2.45, 2.75) is 45.3 Å². The number of carbonyl (C=O) groups is 1. The predicted molar refractivity (Wildman–Crippen MR) is 154 cm³/mol. The fraction of sp³-hybridized carbons (Fsp3) is 0.281. The summed E-state index contributed by atoms with van der Waals surface area (Å²) >= 11 is 0. The normalized spacial score (nSPS) is 14.1. The highest BCUT2D eigenvalue weighted by molar-refractivity contribution is 6.02. The van der Waals surface area contributed by atoms with E-state index in [2.05, 4.69) is 15.2 Å². The van der Waals surface area contributed by atoms with Gasteiger partial charge in [0.1, 0.15) is 29.1 Å². The van der Waals surface area contributed by atoms with Crippen LogP contribution in [0.5, 0.6) is 5.75 Å². The fourth-order valence-corrected chi connectivity index (χ4v) is 5.19. The van der Waals surface area contributed by atoms with Gasteiger partial charge in [0.2, 0.25) is 0 Å². The number of pyridine rings is 1. The molecule has 0 saturated carbocycles. The largest absolute Gasteiger partial charge is 0.506 e. The number of amides is 1. The molecule has 1 aliphatic rings. The maximum atomic E-state index is 14.1. The Kier molecular flexibility index (Phi) is 7.50. The van der Waals surface area contributed by atoms with E-state index in [-0.39, 0.29) is 17.4 Å². The standard InChI is InChI=1S/C32H30F2N4O3/c1-32(2,3)41-31(40)37-24-9-11-38(12-10-24)29-26-15-19(21-13-22(33)16-23(34)14-21)7-8-28(26)36-18-27(29)25-6-4-5-20(17-35)30(25)39/h4-8,13-16,18,24,39H,9-12H2,1-3H3,(H,37,40). The molecular formula is C32H30F2N4O3. The smallest absolute Gasteiger partial charge is 0.407 e. The zero-order valence-electron chi connectivity index (χ0n) is 23.0. The minimum Gasteiger partial charge on any atom is -0.506 e. The molecule has 41 heavy (non-hydrogen) atoms. The zero-order valence-corrected chi connectivity index (χ0v) is 23.0. The van der Waals surface area contributed by atoms with Crippen LogP contribution < -0.4 is 10.2 Å². The fourth-order valence-electron chi connectivity index (χ4n) is 5.19. The first kappa shape index (κ1) is 27.8. The average Bonchev–Trinajstić information content (AvgIpc) is 2.91. The van der Waals surface area contributed by atoms with Crippen LogP contribution in [0.15, 0.2) is 60.8 Å². The van der Waals surface area contributed by atoms with E-state index >= 15 is 0 Å². The van der Waals surface area contributed by atoms with E-state index in [0.717, 1.165) is 17.1 Å². The van der Waals surface area contributed by atoms with E-state index in [9.17, 15) is 23.9 Å². The first-order valence-electron chi connectivity index (χ1n) is 13.4. The molecule has 1 aromatic heterocycles. The van der Waals surface area contributed by atoms with Crippen LogP contribution in [-0.2, 0) is 4.74 Å². The van der Waals surface area contributed by atoms with Crippen molar-refractivity contribution >= 4 is 22.7 Å². The number of benzene rings is 3. The summed E-state index contributed by atoms with van der Waals surface area (Å²) in [4.78, 5) is 19.1. The number of piperidine rings is 1. The number of phenols is 1. The molecule has 1 amide bonds. The first-order chi connectivity index (χ1) is 19.5. The molecule has 2 N–H and O–H groups in total. The number of hydrogen-bond donors (Lipinski definition) is 2. The Balaban J connectivity index is 1.58. The summed E-state index contributed by atoms with van der Waals surface area (Å²) in [5.74, 6) is -1.50. The molecule has 0 unspecified atom stereocenters. The average molecular weight is 557 g/mol. The van der Waals surface area contributed by atoms with Crippen LogP contribution in [0, 0.1) is 23.0 Å². The number of hydrogen-bond acceptors (Lipinski definition) is 6. The highest BCUT2D eigenvalue weighted by atomic mass is 19.1. The number of nitrogens with one attached hydrogen (secondary N) is 1. The molecule has 210 valence electrons. The Hall–Kier alpha value is -4.71. The van der Waals surface area contributed by atoms with Crippen LogP contribution in [0.3, 0.4) is 0 Å². The lowest BCUT2D eigenvalue weighted by Gasteiger charge is -2.36. The first-order valence-corrected chi connectivity index (χ1v) is 13.4. The van der Waals surface area contributed by atoms with E-state index in [1.54, 1.807) is 30.5 Å². The summed E-state index contributed by atoms with van der Waals surface area (Å²) in [6.45, 7) is 6.59. The van der Waals surface area contributed by atoms with E-state index in [1.165, 1.54) is 18.2 Å². The van der Waals surface area contributed by atoms with Gasteiger partial charge in [-0.1, -0.05) is 18.2 Å². The quantitative estimate of drug-likeness (QED) is 0.283. The number of halogens is 2. The Labute approximate surface area is 237 Å². The number of rotatable bonds is 4. The maximum absolute atomic E-state index is 14.1. The van der Waals surface area contributed by atoms with Gasteiger partial charge in [-0.3, -0.25) is 4.98 Å². The van der Waals surface area contributed by atoms with E-state index in [0.29, 0.717) is 53.7 Å². The van der Waals surface area contributed by atoms with Gasteiger partial charge >= 0.3 is 6.09 Å². The molecular weight excluding hydrogens is 526 g/mol. The Morgan fingerprint density at radius 3 is 2.41 bits per heavy atom. The summed E-state index contributed by atoms with van der Waals surface area (Å²) in [6.07, 6.45) is 2.49. The number of alkyl carbamates (subject to hydrolysis) is 1. The van der Waals surface area contributed by atoms with E-state index in [1.807, 2.05) is 32.9 Å². The molecule has 2 heterocycles. The minimum absolute atomic E-state index is 0.0844. The van der Waals surface area contributed by atoms with Crippen molar-refractivity contribution in [1.29, 1.82) is 5.26 Å². The van der Waals surface area contributed by atoms with Gasteiger partial charge in [-0.25, -0.2) is 13.6 Å². The SMILES string of the molecule is CC(C)(C)OC(=O)NC1CCN(c2c(-c3cccc(C#N)c3O)cnc3ccc(-c4cc(F)cc(F)c4)cc23)CC1. The Bertz CT molecular complexity index is 1650. The molecule has 0 radical (unpaired) electrons. The third kappa shape index (κ3) is 6.07. The lowest BCUT2D eigenvalue weighted by atomic mass is 9.95. The molecule has 1 saturated heterocycles. The number of carbonyl (C=O) groups excluding carboxylic acids is 1. The van der Waals surface area contributed by atoms with Crippen molar-refractivity contribution in [1.82, 2.24) is 10.3 Å². The van der Waals surface area contributed by atoms with Crippen LogP contribution in [-0.4, -0.2) is 40.9 Å². The number of anilines is 1. The Morgan fingerprint density at radius 2 is 1.76 bits per heavy atom. The van der Waals surface area contributed by atoms with E-state index < -0.39 is 23.3 Å². The van der Waals surface area contributed by atoms with Crippen molar-refractivity contribution < 1.29 is 23.4 Å². The van der Waals surface area contributed by atoms with Gasteiger partial charge < -0.3 is 20.1 Å². The van der Waals surface area contributed by atoms with Crippen molar-refractivity contribution in [2.75, 3.05) is 18.0 Å². The highest BCUT2D eigenvalue weighted by Crippen LogP contribution is 2.43. The highest BCUT2D eigenvalue weighted by Gasteiger charge is 2.27. The molecule has 4 aromatic rings. The van der Waals surface area contributed by atoms with Crippen LogP contribution in [0.25, 0.3) is 33.2 Å². The second kappa shape index (κ2) is 11.0. The van der Waals surface area contributed by atoms with Crippen molar-refractivity contribution in [2.24, 2.45) is 0 Å². The minimum atomic E-state index is -0.676. The molecule has 1 aliphatic heterocycles. The molecule has 1 fully saturated rings. The third-order valence-electron chi connectivity index (χ3n) is 7.01. The van der Waals surface area contributed by atoms with E-state index in [4.69, 9.17) is 4.74 Å². The number of ether oxygens (including phenoxy) is 1. The number of nitrogens with zero attached hydrogens (tertiary/aromatic N) is 3. The number of aromatic hydroxyl groups is 1. The lowest BCUT2D eigenvalue weighted by Crippen LogP contribution is -2.46. The second-order valence-electron chi connectivity index (χ2n) is 11.1. The van der Waals surface area contributed by atoms with Crippen molar-refractivity contribution in [3.8, 4) is 34.1 Å². The molecule has 0 spiro atoms.